The molecule has 0 aromatic carbocycles. The van der Waals surface area contributed by atoms with Gasteiger partial charge in [-0.3, -0.25) is 15.4 Å². The van der Waals surface area contributed by atoms with E-state index in [1.54, 1.807) is 18.5 Å². The number of ether oxygens (including phenoxy) is 1. The molecule has 7 heteroatoms. The molecule has 2 heterocycles. The zero-order chi connectivity index (χ0) is 15.8. The first-order valence-electron chi connectivity index (χ1n) is 6.62. The van der Waals surface area contributed by atoms with Crippen molar-refractivity contribution in [2.75, 3.05) is 6.61 Å². The third-order valence-electron chi connectivity index (χ3n) is 2.73. The number of hydrogen-bond acceptors (Lipinski definition) is 5. The Morgan fingerprint density at radius 1 is 1.36 bits per heavy atom. The average molecular weight is 320 g/mol. The molecule has 0 unspecified atom stereocenters. The van der Waals surface area contributed by atoms with E-state index in [2.05, 4.69) is 20.5 Å². The van der Waals surface area contributed by atoms with E-state index in [1.807, 2.05) is 13.0 Å². The molecular weight excluding hydrogens is 303 g/mol. The van der Waals surface area contributed by atoms with Crippen molar-refractivity contribution < 1.29 is 10.6 Å². The van der Waals surface area contributed by atoms with E-state index in [9.17, 15) is 4.39 Å². The van der Waals surface area contributed by atoms with Crippen molar-refractivity contribution in [3.8, 4) is 5.75 Å². The maximum absolute atomic E-state index is 13.3. The van der Waals surface area contributed by atoms with Crippen molar-refractivity contribution in [3.05, 3.63) is 54.4 Å². The van der Waals surface area contributed by atoms with Crippen LogP contribution in [0.5, 0.6) is 5.75 Å². The van der Waals surface area contributed by atoms with E-state index in [0.29, 0.717) is 18.0 Å². The van der Waals surface area contributed by atoms with Crippen LogP contribution in [0.1, 0.15) is 20.3 Å². The van der Waals surface area contributed by atoms with Gasteiger partial charge in [0.25, 0.3) is 0 Å². The molecule has 0 radical (unpaired) electrons. The quantitative estimate of drug-likeness (QED) is 0.504. The summed E-state index contributed by atoms with van der Waals surface area (Å²) in [6.45, 7) is 2.14. The Kier molecular flexibility index (Phi) is 5.91. The molecule has 0 spiro atoms. The fraction of sp³-hybridized carbons (Fsp3) is 0.200. The molecule has 2 aromatic rings. The molecule has 0 bridgehead atoms. The summed E-state index contributed by atoms with van der Waals surface area (Å²) in [6, 6.07) is 4.90. The third-order valence-corrected chi connectivity index (χ3v) is 3.05. The van der Waals surface area contributed by atoms with Gasteiger partial charge in [-0.05, 0) is 25.1 Å². The maximum atomic E-state index is 13.3. The van der Waals surface area contributed by atoms with Gasteiger partial charge in [0.1, 0.15) is 4.99 Å². The van der Waals surface area contributed by atoms with Crippen LogP contribution in [0.3, 0.4) is 0 Å². The molecule has 0 fully saturated rings. The van der Waals surface area contributed by atoms with Crippen LogP contribution in [0.25, 0.3) is 0 Å². The lowest BCUT2D eigenvalue weighted by Gasteiger charge is -2.07. The van der Waals surface area contributed by atoms with Crippen LogP contribution in [-0.4, -0.2) is 27.3 Å². The highest BCUT2D eigenvalue weighted by Crippen LogP contribution is 2.13. The summed E-state index contributed by atoms with van der Waals surface area (Å²) in [5.74, 6) is -0.297. The van der Waals surface area contributed by atoms with Gasteiger partial charge in [0.15, 0.2) is 11.6 Å². The zero-order valence-electron chi connectivity index (χ0n) is 12.0. The highest BCUT2D eigenvalue weighted by Gasteiger charge is 2.03. The van der Waals surface area contributed by atoms with Gasteiger partial charge in [0, 0.05) is 37.7 Å². The van der Waals surface area contributed by atoms with Gasteiger partial charge in [-0.15, -0.1) is 0 Å². The first kappa shape index (κ1) is 16.0. The van der Waals surface area contributed by atoms with Crippen LogP contribution >= 0.6 is 12.2 Å². The second-order valence-electron chi connectivity index (χ2n) is 4.43. The molecule has 0 saturated carbocycles. The van der Waals surface area contributed by atoms with E-state index >= 15 is 0 Å². The van der Waals surface area contributed by atoms with Crippen molar-refractivity contribution >= 4 is 22.9 Å². The normalized spacial score (nSPS) is 11.1. The van der Waals surface area contributed by atoms with Gasteiger partial charge in [-0.1, -0.05) is 12.2 Å². The van der Waals surface area contributed by atoms with Crippen molar-refractivity contribution in [2.45, 2.75) is 13.3 Å². The molecule has 0 saturated heterocycles. The SMILES string of the molecule is C/C(CCOc1cnccc1F)=N\NC(=S)c1cccnc1.[HH]. The molecule has 0 atom stereocenters. The molecule has 0 aliphatic carbocycles. The molecule has 0 aliphatic heterocycles. The van der Waals surface area contributed by atoms with E-state index in [4.69, 9.17) is 17.0 Å². The molecule has 0 amide bonds. The Bertz CT molecular complexity index is 670. The largest absolute Gasteiger partial charge is 0.488 e. The molecule has 22 heavy (non-hydrogen) atoms. The summed E-state index contributed by atoms with van der Waals surface area (Å²) in [4.78, 5) is 8.28. The number of aromatic nitrogens is 2. The average Bonchev–Trinajstić information content (AvgIpc) is 2.55. The predicted molar refractivity (Wildman–Crippen MR) is 88.6 cm³/mol. The number of hydrogen-bond donors (Lipinski definition) is 1. The molecule has 116 valence electrons. The molecule has 2 aromatic heterocycles. The Morgan fingerprint density at radius 2 is 2.18 bits per heavy atom. The summed E-state index contributed by atoms with van der Waals surface area (Å²) >= 11 is 5.20. The minimum atomic E-state index is -0.430. The van der Waals surface area contributed by atoms with Crippen LogP contribution < -0.4 is 10.2 Å². The number of pyridine rings is 2. The fourth-order valence-corrected chi connectivity index (χ4v) is 1.71. The first-order chi connectivity index (χ1) is 10.7. The summed E-state index contributed by atoms with van der Waals surface area (Å²) in [5, 5.41) is 4.16. The number of hydrazone groups is 1. The monoisotopic (exact) mass is 320 g/mol. The highest BCUT2D eigenvalue weighted by atomic mass is 32.1. The van der Waals surface area contributed by atoms with Crippen LogP contribution in [0.15, 0.2) is 48.1 Å². The van der Waals surface area contributed by atoms with Crippen molar-refractivity contribution in [3.63, 3.8) is 0 Å². The summed E-state index contributed by atoms with van der Waals surface area (Å²) < 4.78 is 18.6. The standard InChI is InChI=1S/C15H15FN4OS.H2/c1-11(5-8-21-14-10-18-7-4-13(14)16)19-20-15(22)12-3-2-6-17-9-12;/h2-4,6-7,9-10H,5,8H2,1H3,(H,20,22);1H/b19-11+;. The maximum Gasteiger partial charge on any atom is 0.173 e. The molecule has 1 N–H and O–H groups in total. The lowest BCUT2D eigenvalue weighted by Crippen LogP contribution is -2.18. The Labute approximate surface area is 134 Å². The van der Waals surface area contributed by atoms with Gasteiger partial charge in [0.2, 0.25) is 0 Å². The summed E-state index contributed by atoms with van der Waals surface area (Å²) in [6.07, 6.45) is 6.59. The Hall–Kier alpha value is -2.41. The van der Waals surface area contributed by atoms with E-state index < -0.39 is 5.82 Å². The lowest BCUT2D eigenvalue weighted by atomic mass is 10.3. The van der Waals surface area contributed by atoms with E-state index in [1.165, 1.54) is 18.5 Å². The Morgan fingerprint density at radius 3 is 2.91 bits per heavy atom. The topological polar surface area (TPSA) is 59.4 Å². The molecule has 2 rings (SSSR count). The number of thiocarbonyl (C=S) groups is 1. The highest BCUT2D eigenvalue weighted by molar-refractivity contribution is 7.80. The van der Waals surface area contributed by atoms with Gasteiger partial charge in [-0.2, -0.15) is 5.10 Å². The second-order valence-corrected chi connectivity index (χ2v) is 4.84. The van der Waals surface area contributed by atoms with Gasteiger partial charge in [0.05, 0.1) is 12.8 Å². The Balaban J connectivity index is 0.00000264. The summed E-state index contributed by atoms with van der Waals surface area (Å²) in [7, 11) is 0. The van der Waals surface area contributed by atoms with E-state index in [-0.39, 0.29) is 7.18 Å². The van der Waals surface area contributed by atoms with Crippen LogP contribution in [0, 0.1) is 5.82 Å². The number of nitrogens with one attached hydrogen (secondary N) is 1. The predicted octanol–water partition coefficient (Wildman–Crippen LogP) is 2.97. The fourth-order valence-electron chi connectivity index (χ4n) is 1.54. The third kappa shape index (κ3) is 4.85. The van der Waals surface area contributed by atoms with Gasteiger partial charge >= 0.3 is 0 Å². The number of nitrogens with zero attached hydrogens (tertiary/aromatic N) is 3. The lowest BCUT2D eigenvalue weighted by molar-refractivity contribution is 0.310. The van der Waals surface area contributed by atoms with Crippen molar-refractivity contribution in [2.24, 2.45) is 5.10 Å². The molecule has 0 aliphatic rings. The first-order valence-corrected chi connectivity index (χ1v) is 7.03. The van der Waals surface area contributed by atoms with E-state index in [0.717, 1.165) is 11.3 Å². The minimum Gasteiger partial charge on any atom is -0.488 e. The van der Waals surface area contributed by atoms with Crippen LogP contribution in [0.4, 0.5) is 4.39 Å². The molecular formula is C15H17FN4OS. The zero-order valence-corrected chi connectivity index (χ0v) is 12.8. The second kappa shape index (κ2) is 8.14. The number of halogens is 1. The smallest absolute Gasteiger partial charge is 0.173 e. The van der Waals surface area contributed by atoms with Gasteiger partial charge < -0.3 is 4.74 Å². The molecule has 5 nitrogen and oxygen atoms in total. The van der Waals surface area contributed by atoms with Crippen LogP contribution in [0.2, 0.25) is 0 Å². The van der Waals surface area contributed by atoms with Crippen molar-refractivity contribution in [1.82, 2.24) is 15.4 Å². The summed E-state index contributed by atoms with van der Waals surface area (Å²) in [5.41, 5.74) is 4.38. The number of rotatable bonds is 6. The van der Waals surface area contributed by atoms with Crippen LogP contribution in [-0.2, 0) is 0 Å². The van der Waals surface area contributed by atoms with Crippen molar-refractivity contribution in [1.29, 1.82) is 0 Å². The minimum absolute atomic E-state index is 0. The van der Waals surface area contributed by atoms with Gasteiger partial charge in [-0.25, -0.2) is 4.39 Å².